The fraction of sp³-hybridized carbons (Fsp3) is 0.564. The molecule has 79 heavy (non-hydrogen) atoms. The molecule has 0 fully saturated rings. The Morgan fingerprint density at radius 2 is 1.49 bits per heavy atom. The van der Waals surface area contributed by atoms with E-state index in [0.717, 1.165) is 38.4 Å². The molecule has 0 saturated carbocycles. The Kier molecular flexibility index (Phi) is 25.3. The molecule has 0 saturated heterocycles. The molecule has 1 aliphatic rings. The molecule has 436 valence electrons. The van der Waals surface area contributed by atoms with Crippen molar-refractivity contribution in [1.82, 2.24) is 35.0 Å². The van der Waals surface area contributed by atoms with Gasteiger partial charge in [0, 0.05) is 77.7 Å². The molecule has 0 bridgehead atoms. The van der Waals surface area contributed by atoms with Crippen LogP contribution in [0.3, 0.4) is 0 Å². The van der Waals surface area contributed by atoms with Crippen LogP contribution in [0.25, 0.3) is 0 Å². The number of hydrogen-bond donors (Lipinski definition) is 3. The fourth-order valence-electron chi connectivity index (χ4n) is 8.33. The molecule has 0 radical (unpaired) electrons. The number of rotatable bonds is 14. The summed E-state index contributed by atoms with van der Waals surface area (Å²) in [6.45, 7) is 15.4. The summed E-state index contributed by atoms with van der Waals surface area (Å²) in [7, 11) is 1.26. The van der Waals surface area contributed by atoms with Crippen molar-refractivity contribution in [3.05, 3.63) is 93.6 Å². The molecule has 2 aromatic carbocycles. The van der Waals surface area contributed by atoms with Crippen LogP contribution in [0.2, 0.25) is 0 Å². The third kappa shape index (κ3) is 19.0. The SMILES string of the molecule is C/C=C(\C)[C@H]1OC(=O)[C@@H](C)NC(=O)[C@H](C(C)CC)NC(=O)CN(C)C(=O)[C@@H](Cc2ccccc2)N(C)C(=O)[C@H](C)NC(=O)[C@@H](CC(C)C)OC(=O)/C(C)=C/C[C@H](OC(=O)N(C)CCN(C)S(=O)(=O)c2ccc([N+](=O)[O-])cc2)[C@@H]1C. The van der Waals surface area contributed by atoms with E-state index in [9.17, 15) is 56.9 Å². The van der Waals surface area contributed by atoms with Gasteiger partial charge in [0.25, 0.3) is 11.6 Å². The van der Waals surface area contributed by atoms with E-state index in [-0.39, 0.29) is 54.4 Å². The maximum absolute atomic E-state index is 14.3. The molecule has 0 spiro atoms. The van der Waals surface area contributed by atoms with Crippen molar-refractivity contribution in [3.8, 4) is 0 Å². The summed E-state index contributed by atoms with van der Waals surface area (Å²) >= 11 is 0. The lowest BCUT2D eigenvalue weighted by Gasteiger charge is -2.33. The molecule has 1 unspecified atom stereocenters. The summed E-state index contributed by atoms with van der Waals surface area (Å²) in [5, 5.41) is 19.2. The van der Waals surface area contributed by atoms with Crippen LogP contribution in [0, 0.1) is 27.9 Å². The third-order valence-corrected chi connectivity index (χ3v) is 15.7. The number of carbonyl (C=O) groups is 8. The van der Waals surface area contributed by atoms with E-state index in [2.05, 4.69) is 16.0 Å². The van der Waals surface area contributed by atoms with Crippen LogP contribution in [-0.2, 0) is 64.2 Å². The van der Waals surface area contributed by atoms with E-state index >= 15 is 0 Å². The number of nitro benzene ring substituents is 1. The second-order valence-corrected chi connectivity index (χ2v) is 22.6. The number of likely N-dealkylation sites (N-methyl/N-ethyl adjacent to an activating group) is 4. The third-order valence-electron chi connectivity index (χ3n) is 13.9. The van der Waals surface area contributed by atoms with Crippen molar-refractivity contribution >= 4 is 63.3 Å². The lowest BCUT2D eigenvalue weighted by Crippen LogP contribution is -2.57. The smallest absolute Gasteiger partial charge is 0.409 e. The van der Waals surface area contributed by atoms with Gasteiger partial charge in [0.2, 0.25) is 33.7 Å². The lowest BCUT2D eigenvalue weighted by atomic mass is 9.90. The maximum atomic E-state index is 14.3. The van der Waals surface area contributed by atoms with Crippen LogP contribution in [-0.4, -0.2) is 170 Å². The first-order valence-corrected chi connectivity index (χ1v) is 27.7. The van der Waals surface area contributed by atoms with E-state index in [4.69, 9.17) is 14.2 Å². The summed E-state index contributed by atoms with van der Waals surface area (Å²) in [4.78, 5) is 126. The van der Waals surface area contributed by atoms with Gasteiger partial charge >= 0.3 is 18.0 Å². The minimum atomic E-state index is -4.16. The van der Waals surface area contributed by atoms with Crippen molar-refractivity contribution in [3.63, 3.8) is 0 Å². The van der Waals surface area contributed by atoms with Gasteiger partial charge in [-0.3, -0.25) is 34.1 Å². The van der Waals surface area contributed by atoms with Crippen molar-refractivity contribution in [2.45, 2.75) is 142 Å². The van der Waals surface area contributed by atoms with Crippen LogP contribution in [0.4, 0.5) is 10.5 Å². The van der Waals surface area contributed by atoms with Gasteiger partial charge in [-0.1, -0.05) is 83.5 Å². The minimum absolute atomic E-state index is 0.00601. The average molecular weight is 1130 g/mol. The van der Waals surface area contributed by atoms with Crippen molar-refractivity contribution in [1.29, 1.82) is 0 Å². The first kappa shape index (κ1) is 66.1. The van der Waals surface area contributed by atoms with Crippen LogP contribution < -0.4 is 16.0 Å². The number of ether oxygens (including phenoxy) is 3. The van der Waals surface area contributed by atoms with E-state index < -0.39 is 123 Å². The zero-order chi connectivity index (χ0) is 59.6. The summed E-state index contributed by atoms with van der Waals surface area (Å²) in [5.74, 6) is -6.85. The highest BCUT2D eigenvalue weighted by molar-refractivity contribution is 7.89. The van der Waals surface area contributed by atoms with Gasteiger partial charge in [-0.25, -0.2) is 22.8 Å². The first-order valence-electron chi connectivity index (χ1n) is 26.2. The monoisotopic (exact) mass is 1120 g/mol. The second-order valence-electron chi connectivity index (χ2n) is 20.6. The highest BCUT2D eigenvalue weighted by Gasteiger charge is 2.38. The number of allylic oxidation sites excluding steroid dienone is 1. The molecule has 3 rings (SSSR count). The zero-order valence-electron chi connectivity index (χ0n) is 47.8. The van der Waals surface area contributed by atoms with E-state index in [1.807, 2.05) is 6.92 Å². The molecule has 9 atom stereocenters. The van der Waals surface area contributed by atoms with Gasteiger partial charge in [-0.15, -0.1) is 0 Å². The van der Waals surface area contributed by atoms with Gasteiger partial charge in [0.15, 0.2) is 6.10 Å². The number of benzene rings is 2. The van der Waals surface area contributed by atoms with Gasteiger partial charge in [-0.2, -0.15) is 4.31 Å². The molecule has 23 nitrogen and oxygen atoms in total. The molecule has 1 heterocycles. The van der Waals surface area contributed by atoms with Gasteiger partial charge in [-0.05, 0) is 76.1 Å². The van der Waals surface area contributed by atoms with Gasteiger partial charge in [0.05, 0.1) is 16.4 Å². The summed E-state index contributed by atoms with van der Waals surface area (Å²) in [5.41, 5.74) is 0.897. The molecule has 1 aliphatic heterocycles. The fourth-order valence-corrected chi connectivity index (χ4v) is 9.50. The Morgan fingerprint density at radius 3 is 2.06 bits per heavy atom. The van der Waals surface area contributed by atoms with Gasteiger partial charge < -0.3 is 44.9 Å². The molecule has 0 aromatic heterocycles. The van der Waals surface area contributed by atoms with Crippen LogP contribution in [0.5, 0.6) is 0 Å². The first-order chi connectivity index (χ1) is 36.9. The molecular weight excluding hydrogens is 1040 g/mol. The Labute approximate surface area is 464 Å². The Bertz CT molecular complexity index is 2670. The molecule has 2 aromatic rings. The average Bonchev–Trinajstić information content (AvgIpc) is 3.41. The zero-order valence-corrected chi connectivity index (χ0v) is 48.7. The molecule has 3 N–H and O–H groups in total. The summed E-state index contributed by atoms with van der Waals surface area (Å²) < 4.78 is 45.6. The number of cyclic esters (lactones) is 2. The second kappa shape index (κ2) is 30.2. The van der Waals surface area contributed by atoms with E-state index in [1.165, 1.54) is 59.9 Å². The summed E-state index contributed by atoms with van der Waals surface area (Å²) in [6, 6.07) is 8.30. The topological polar surface area (TPSA) is 291 Å². The summed E-state index contributed by atoms with van der Waals surface area (Å²) in [6.07, 6.45) is -1.23. The minimum Gasteiger partial charge on any atom is -0.456 e. The Balaban J connectivity index is 2.10. The Morgan fingerprint density at radius 1 is 0.886 bits per heavy atom. The highest BCUT2D eigenvalue weighted by atomic mass is 32.2. The number of non-ortho nitro benzene ring substituents is 1. The quantitative estimate of drug-likeness (QED) is 0.0769. The predicted molar refractivity (Wildman–Crippen MR) is 293 cm³/mol. The Hall–Kier alpha value is -7.21. The predicted octanol–water partition coefficient (Wildman–Crippen LogP) is 4.54. The van der Waals surface area contributed by atoms with E-state index in [1.54, 1.807) is 78.0 Å². The van der Waals surface area contributed by atoms with E-state index in [0.29, 0.717) is 17.6 Å². The molecule has 0 aliphatic carbocycles. The van der Waals surface area contributed by atoms with Gasteiger partial charge in [0.1, 0.15) is 36.4 Å². The van der Waals surface area contributed by atoms with Crippen molar-refractivity contribution in [2.24, 2.45) is 17.8 Å². The number of carbonyl (C=O) groups excluding carboxylic acids is 8. The van der Waals surface area contributed by atoms with Crippen LogP contribution in [0.15, 0.2) is 82.8 Å². The molecule has 24 heteroatoms. The molecule has 6 amide bonds. The number of hydrogen-bond acceptors (Lipinski definition) is 15. The van der Waals surface area contributed by atoms with Crippen LogP contribution in [0.1, 0.15) is 94.1 Å². The number of nitrogens with zero attached hydrogens (tertiary/aromatic N) is 5. The number of nitro groups is 1. The van der Waals surface area contributed by atoms with Crippen molar-refractivity contribution in [2.75, 3.05) is 47.8 Å². The van der Waals surface area contributed by atoms with Crippen LogP contribution >= 0.6 is 0 Å². The molecular formula is C55H80N8O15S. The largest absolute Gasteiger partial charge is 0.456 e. The highest BCUT2D eigenvalue weighted by Crippen LogP contribution is 2.27. The number of nitrogens with one attached hydrogen (secondary N) is 3. The van der Waals surface area contributed by atoms with Crippen molar-refractivity contribution < 1.29 is 65.9 Å². The maximum Gasteiger partial charge on any atom is 0.409 e. The number of sulfonamides is 1. The number of amides is 6. The number of esters is 2. The normalized spacial score (nSPS) is 24.6. The lowest BCUT2D eigenvalue weighted by molar-refractivity contribution is -0.384. The standard InChI is InChI=1S/C55H80N8O15S/c1-15-34(5)47-50(66)57-39(10)54(70)78-48(35(6)16-2)37(8)44(77-55(71)59(11)28-29-61(13)79(74,75)42-25-23-41(24-26-42)63(72)73)27-22-36(7)53(69)76-45(30-33(3)4)49(65)56-38(9)51(67)62(14)43(31-40-20-18-17-19-21-40)52(68)60(12)32-46(64)58-47/h16-26,33-34,37-39,43-45,47-48H,15,27-32H2,1-14H3,(H,56,65)(H,57,66)(H,58,64)/b35-16+,36-22+/t34?,37-,38-,39+,43+,44-,45+,47-,48+/m0/s1.